The predicted molar refractivity (Wildman–Crippen MR) is 76.8 cm³/mol. The van der Waals surface area contributed by atoms with Crippen LogP contribution in [0.15, 0.2) is 24.3 Å². The van der Waals surface area contributed by atoms with Crippen LogP contribution in [0.4, 0.5) is 0 Å². The molecule has 1 aromatic rings. The highest BCUT2D eigenvalue weighted by molar-refractivity contribution is 5.77. The maximum Gasteiger partial charge on any atom is 0.327 e. The number of nitrogens with one attached hydrogen (secondary N) is 1. The molecule has 2 rings (SSSR count). The zero-order valence-electron chi connectivity index (χ0n) is 12.1. The van der Waals surface area contributed by atoms with Gasteiger partial charge in [-0.25, -0.2) is 4.79 Å². The number of rotatable bonds is 4. The number of nitrogens with zero attached hydrogens (tertiary/aromatic N) is 1. The lowest BCUT2D eigenvalue weighted by molar-refractivity contribution is -0.147. The van der Waals surface area contributed by atoms with E-state index < -0.39 is 0 Å². The summed E-state index contributed by atoms with van der Waals surface area (Å²) < 4.78 is 10.1. The van der Waals surface area contributed by atoms with Gasteiger partial charge in [-0.2, -0.15) is 0 Å². The molecule has 0 radical (unpaired) electrons. The van der Waals surface area contributed by atoms with Gasteiger partial charge in [-0.3, -0.25) is 4.90 Å². The van der Waals surface area contributed by atoms with Crippen LogP contribution in [0.3, 0.4) is 0 Å². The molecule has 110 valence electrons. The summed E-state index contributed by atoms with van der Waals surface area (Å²) in [5.74, 6) is 0.576. The van der Waals surface area contributed by atoms with E-state index in [4.69, 9.17) is 9.47 Å². The Morgan fingerprint density at radius 3 is 2.60 bits per heavy atom. The van der Waals surface area contributed by atoms with Crippen LogP contribution >= 0.6 is 0 Å². The minimum Gasteiger partial charge on any atom is -0.497 e. The molecule has 0 aromatic heterocycles. The summed E-state index contributed by atoms with van der Waals surface area (Å²) in [6.45, 7) is 3.61. The Balaban J connectivity index is 2.23. The molecular formula is C15H22N2O3. The van der Waals surface area contributed by atoms with E-state index in [-0.39, 0.29) is 12.0 Å². The number of hydrogen-bond donors (Lipinski definition) is 1. The van der Waals surface area contributed by atoms with Crippen LogP contribution in [0, 0.1) is 0 Å². The highest BCUT2D eigenvalue weighted by Gasteiger charge is 2.28. The van der Waals surface area contributed by atoms with E-state index >= 15 is 0 Å². The van der Waals surface area contributed by atoms with Crippen molar-refractivity contribution in [2.75, 3.05) is 40.4 Å². The molecular weight excluding hydrogens is 256 g/mol. The second-order valence-corrected chi connectivity index (χ2v) is 4.84. The molecule has 1 fully saturated rings. The Labute approximate surface area is 119 Å². The SMILES string of the molecule is COC(=O)C(c1ccc(OC)cc1)N1CCCNCC1. The van der Waals surface area contributed by atoms with Gasteiger partial charge < -0.3 is 14.8 Å². The van der Waals surface area contributed by atoms with Gasteiger partial charge in [0.05, 0.1) is 14.2 Å². The molecule has 5 heteroatoms. The molecule has 1 aliphatic rings. The average Bonchev–Trinajstić information content (AvgIpc) is 2.77. The molecule has 1 unspecified atom stereocenters. The fraction of sp³-hybridized carbons (Fsp3) is 0.533. The smallest absolute Gasteiger partial charge is 0.327 e. The largest absolute Gasteiger partial charge is 0.497 e. The van der Waals surface area contributed by atoms with E-state index in [0.29, 0.717) is 0 Å². The van der Waals surface area contributed by atoms with Gasteiger partial charge in [-0.15, -0.1) is 0 Å². The Hall–Kier alpha value is -1.59. The average molecular weight is 278 g/mol. The van der Waals surface area contributed by atoms with Crippen molar-refractivity contribution in [3.8, 4) is 5.75 Å². The Morgan fingerprint density at radius 2 is 1.95 bits per heavy atom. The normalized spacial score (nSPS) is 18.1. The Morgan fingerprint density at radius 1 is 1.20 bits per heavy atom. The number of carbonyl (C=O) groups is 1. The number of benzene rings is 1. The van der Waals surface area contributed by atoms with Crippen molar-refractivity contribution in [2.45, 2.75) is 12.5 Å². The van der Waals surface area contributed by atoms with Crippen LogP contribution in [-0.2, 0) is 9.53 Å². The van der Waals surface area contributed by atoms with E-state index in [9.17, 15) is 4.79 Å². The fourth-order valence-corrected chi connectivity index (χ4v) is 2.52. The van der Waals surface area contributed by atoms with Crippen LogP contribution in [0.2, 0.25) is 0 Å². The maximum atomic E-state index is 12.2. The molecule has 0 spiro atoms. The minimum absolute atomic E-state index is 0.211. The lowest BCUT2D eigenvalue weighted by atomic mass is 10.0. The summed E-state index contributed by atoms with van der Waals surface area (Å²) in [4.78, 5) is 14.3. The number of ether oxygens (including phenoxy) is 2. The van der Waals surface area contributed by atoms with Gasteiger partial charge in [0.15, 0.2) is 0 Å². The van der Waals surface area contributed by atoms with Crippen LogP contribution in [0.25, 0.3) is 0 Å². The first-order chi connectivity index (χ1) is 9.76. The molecule has 20 heavy (non-hydrogen) atoms. The van der Waals surface area contributed by atoms with E-state index in [2.05, 4.69) is 10.2 Å². The van der Waals surface area contributed by atoms with E-state index in [1.165, 1.54) is 7.11 Å². The highest BCUT2D eigenvalue weighted by Crippen LogP contribution is 2.25. The molecule has 1 atom stereocenters. The van der Waals surface area contributed by atoms with Crippen LogP contribution in [-0.4, -0.2) is 51.3 Å². The Bertz CT molecular complexity index is 425. The van der Waals surface area contributed by atoms with Crippen LogP contribution < -0.4 is 10.1 Å². The summed E-state index contributed by atoms with van der Waals surface area (Å²) in [7, 11) is 3.07. The van der Waals surface area contributed by atoms with Crippen molar-refractivity contribution < 1.29 is 14.3 Å². The second kappa shape index (κ2) is 7.26. The lowest BCUT2D eigenvalue weighted by Gasteiger charge is -2.28. The van der Waals surface area contributed by atoms with E-state index in [0.717, 1.165) is 43.9 Å². The van der Waals surface area contributed by atoms with E-state index in [1.807, 2.05) is 24.3 Å². The first kappa shape index (κ1) is 14.8. The maximum absolute atomic E-state index is 12.2. The molecule has 0 bridgehead atoms. The van der Waals surface area contributed by atoms with Crippen LogP contribution in [0.1, 0.15) is 18.0 Å². The van der Waals surface area contributed by atoms with Gasteiger partial charge in [-0.1, -0.05) is 12.1 Å². The molecule has 0 aliphatic carbocycles. The van der Waals surface area contributed by atoms with Gasteiger partial charge in [0, 0.05) is 19.6 Å². The third-order valence-electron chi connectivity index (χ3n) is 3.60. The van der Waals surface area contributed by atoms with Crippen molar-refractivity contribution in [3.05, 3.63) is 29.8 Å². The number of esters is 1. The minimum atomic E-state index is -0.342. The first-order valence-electron chi connectivity index (χ1n) is 6.93. The lowest BCUT2D eigenvalue weighted by Crippen LogP contribution is -2.37. The monoisotopic (exact) mass is 278 g/mol. The predicted octanol–water partition coefficient (Wildman–Crippen LogP) is 1.20. The van der Waals surface area contributed by atoms with Crippen molar-refractivity contribution in [1.82, 2.24) is 10.2 Å². The number of carbonyl (C=O) groups excluding carboxylic acids is 1. The third kappa shape index (κ3) is 3.49. The van der Waals surface area contributed by atoms with Crippen molar-refractivity contribution in [2.24, 2.45) is 0 Å². The molecule has 1 heterocycles. The molecule has 1 aromatic carbocycles. The molecule has 5 nitrogen and oxygen atoms in total. The van der Waals surface area contributed by atoms with Crippen molar-refractivity contribution in [1.29, 1.82) is 0 Å². The standard InChI is InChI=1S/C15H22N2O3/c1-19-13-6-4-12(5-7-13)14(15(18)20-2)17-10-3-8-16-9-11-17/h4-7,14,16H,3,8-11H2,1-2H3. The summed E-state index contributed by atoms with van der Waals surface area (Å²) in [6, 6.07) is 7.27. The van der Waals surface area contributed by atoms with Gasteiger partial charge in [-0.05, 0) is 30.7 Å². The molecule has 1 aliphatic heterocycles. The molecule has 1 N–H and O–H groups in total. The summed E-state index contributed by atoms with van der Waals surface area (Å²) in [5.41, 5.74) is 0.944. The quantitative estimate of drug-likeness (QED) is 0.839. The van der Waals surface area contributed by atoms with Crippen molar-refractivity contribution in [3.63, 3.8) is 0 Å². The van der Waals surface area contributed by atoms with Gasteiger partial charge in [0.2, 0.25) is 0 Å². The zero-order valence-corrected chi connectivity index (χ0v) is 12.1. The summed E-state index contributed by atoms with van der Waals surface area (Å²) in [6.07, 6.45) is 1.03. The molecule has 1 saturated heterocycles. The fourth-order valence-electron chi connectivity index (χ4n) is 2.52. The van der Waals surface area contributed by atoms with Crippen LogP contribution in [0.5, 0.6) is 5.75 Å². The first-order valence-corrected chi connectivity index (χ1v) is 6.93. The third-order valence-corrected chi connectivity index (χ3v) is 3.60. The molecule has 0 saturated carbocycles. The summed E-state index contributed by atoms with van der Waals surface area (Å²) >= 11 is 0. The van der Waals surface area contributed by atoms with Gasteiger partial charge >= 0.3 is 5.97 Å². The molecule has 0 amide bonds. The highest BCUT2D eigenvalue weighted by atomic mass is 16.5. The summed E-state index contributed by atoms with van der Waals surface area (Å²) in [5, 5.41) is 3.34. The second-order valence-electron chi connectivity index (χ2n) is 4.84. The van der Waals surface area contributed by atoms with Gasteiger partial charge in [0.25, 0.3) is 0 Å². The Kier molecular flexibility index (Phi) is 5.38. The van der Waals surface area contributed by atoms with E-state index in [1.54, 1.807) is 7.11 Å². The topological polar surface area (TPSA) is 50.8 Å². The van der Waals surface area contributed by atoms with Crippen molar-refractivity contribution >= 4 is 5.97 Å². The number of methoxy groups -OCH3 is 2. The van der Waals surface area contributed by atoms with Gasteiger partial charge in [0.1, 0.15) is 11.8 Å². The zero-order chi connectivity index (χ0) is 14.4. The number of hydrogen-bond acceptors (Lipinski definition) is 5.